The molecule has 0 radical (unpaired) electrons. The molecule has 7 nitrogen and oxygen atoms in total. The number of para-hydroxylation sites is 1. The summed E-state index contributed by atoms with van der Waals surface area (Å²) in [6.07, 6.45) is 3.43. The predicted octanol–water partition coefficient (Wildman–Crippen LogP) is 2.44. The highest BCUT2D eigenvalue weighted by Gasteiger charge is 2.04. The van der Waals surface area contributed by atoms with Gasteiger partial charge in [0.05, 0.1) is 11.3 Å². The average molecular weight is 307 g/mol. The van der Waals surface area contributed by atoms with Gasteiger partial charge in [-0.3, -0.25) is 0 Å². The first kappa shape index (κ1) is 14.5. The molecule has 23 heavy (non-hydrogen) atoms. The second kappa shape index (κ2) is 6.52. The van der Waals surface area contributed by atoms with Crippen molar-refractivity contribution in [3.63, 3.8) is 0 Å². The molecule has 0 fully saturated rings. The number of carbonyl (C=O) groups is 1. The van der Waals surface area contributed by atoms with E-state index in [1.54, 1.807) is 29.1 Å². The number of hydrogen-bond donors (Lipinski definition) is 2. The lowest BCUT2D eigenvalue weighted by molar-refractivity contribution is 0.0697. The number of nitrogens with zero attached hydrogens (tertiary/aromatic N) is 4. The number of nitrogens with one attached hydrogen (secondary N) is 1. The number of benzene rings is 2. The molecule has 0 amide bonds. The van der Waals surface area contributed by atoms with Crippen LogP contribution in [0.15, 0.2) is 60.8 Å². The minimum atomic E-state index is -0.950. The van der Waals surface area contributed by atoms with Crippen LogP contribution in [-0.4, -0.2) is 31.3 Å². The first-order chi connectivity index (χ1) is 11.2. The van der Waals surface area contributed by atoms with Crippen LogP contribution in [0.1, 0.15) is 16.2 Å². The van der Waals surface area contributed by atoms with Crippen molar-refractivity contribution in [2.24, 2.45) is 0 Å². The van der Waals surface area contributed by atoms with Gasteiger partial charge in [-0.1, -0.05) is 18.2 Å². The number of tetrazole rings is 1. The van der Waals surface area contributed by atoms with Crippen LogP contribution >= 0.6 is 0 Å². The Morgan fingerprint density at radius 2 is 1.83 bits per heavy atom. The largest absolute Gasteiger partial charge is 0.478 e. The molecule has 2 N–H and O–H groups in total. The summed E-state index contributed by atoms with van der Waals surface area (Å²) in [5.74, 6) is -0.375. The van der Waals surface area contributed by atoms with Crippen LogP contribution < -0.4 is 5.32 Å². The Hall–Kier alpha value is -3.48. The lowest BCUT2D eigenvalue weighted by Gasteiger charge is -2.02. The fourth-order valence-corrected chi connectivity index (χ4v) is 1.97. The first-order valence-corrected chi connectivity index (χ1v) is 6.84. The Balaban J connectivity index is 1.72. The number of aromatic nitrogens is 4. The van der Waals surface area contributed by atoms with E-state index in [1.165, 1.54) is 12.1 Å². The quantitative estimate of drug-likeness (QED) is 0.752. The molecule has 114 valence electrons. The van der Waals surface area contributed by atoms with Crippen molar-refractivity contribution in [2.75, 3.05) is 5.32 Å². The number of hydrogen-bond acceptors (Lipinski definition) is 5. The monoisotopic (exact) mass is 307 g/mol. The lowest BCUT2D eigenvalue weighted by Crippen LogP contribution is -1.99. The van der Waals surface area contributed by atoms with E-state index in [-0.39, 0.29) is 5.56 Å². The van der Waals surface area contributed by atoms with Crippen molar-refractivity contribution in [1.29, 1.82) is 0 Å². The van der Waals surface area contributed by atoms with Crippen LogP contribution in [0.25, 0.3) is 11.8 Å². The maximum atomic E-state index is 10.8. The number of carboxylic acids is 1. The molecule has 0 aliphatic heterocycles. The third kappa shape index (κ3) is 3.41. The minimum Gasteiger partial charge on any atom is -0.478 e. The van der Waals surface area contributed by atoms with Crippen molar-refractivity contribution >= 4 is 17.7 Å². The molecule has 0 atom stereocenters. The third-order valence-corrected chi connectivity index (χ3v) is 3.11. The fraction of sp³-hybridized carbons (Fsp3) is 0. The van der Waals surface area contributed by atoms with E-state index in [0.717, 1.165) is 11.4 Å². The molecule has 3 aromatic rings. The molecule has 0 spiro atoms. The smallest absolute Gasteiger partial charge is 0.335 e. The second-order valence-electron chi connectivity index (χ2n) is 4.64. The van der Waals surface area contributed by atoms with Crippen molar-refractivity contribution in [2.45, 2.75) is 0 Å². The molecule has 2 aromatic carbocycles. The summed E-state index contributed by atoms with van der Waals surface area (Å²) < 4.78 is 1.62. The summed E-state index contributed by atoms with van der Waals surface area (Å²) in [6, 6.07) is 16.0. The third-order valence-electron chi connectivity index (χ3n) is 3.11. The molecule has 1 heterocycles. The SMILES string of the molecule is O=C(O)c1ccc(N/C=C\c2nnnn2-c2ccccc2)cc1. The van der Waals surface area contributed by atoms with Crippen molar-refractivity contribution < 1.29 is 9.90 Å². The molecular formula is C16H13N5O2. The molecule has 7 heteroatoms. The maximum absolute atomic E-state index is 10.8. The van der Waals surface area contributed by atoms with Gasteiger partial charge in [0.1, 0.15) is 0 Å². The van der Waals surface area contributed by atoms with Crippen LogP contribution in [0.2, 0.25) is 0 Å². The number of rotatable bonds is 5. The van der Waals surface area contributed by atoms with Gasteiger partial charge in [0, 0.05) is 18.0 Å². The van der Waals surface area contributed by atoms with E-state index in [0.29, 0.717) is 5.82 Å². The van der Waals surface area contributed by atoms with Gasteiger partial charge in [-0.05, 0) is 46.8 Å². The molecule has 3 rings (SSSR count). The summed E-state index contributed by atoms with van der Waals surface area (Å²) in [6.45, 7) is 0. The van der Waals surface area contributed by atoms with Gasteiger partial charge < -0.3 is 10.4 Å². The summed E-state index contributed by atoms with van der Waals surface area (Å²) >= 11 is 0. The number of carboxylic acid groups (broad SMARTS) is 1. The summed E-state index contributed by atoms with van der Waals surface area (Å²) in [5.41, 5.74) is 1.88. The van der Waals surface area contributed by atoms with Crippen molar-refractivity contribution in [3.05, 3.63) is 72.2 Å². The molecule has 0 aliphatic rings. The van der Waals surface area contributed by atoms with Gasteiger partial charge in [-0.2, -0.15) is 4.68 Å². The minimum absolute atomic E-state index is 0.243. The molecule has 0 aliphatic carbocycles. The van der Waals surface area contributed by atoms with E-state index < -0.39 is 5.97 Å². The Bertz CT molecular complexity index is 825. The van der Waals surface area contributed by atoms with Crippen LogP contribution in [-0.2, 0) is 0 Å². The predicted molar refractivity (Wildman–Crippen MR) is 85.2 cm³/mol. The average Bonchev–Trinajstić information content (AvgIpc) is 3.05. The number of anilines is 1. The first-order valence-electron chi connectivity index (χ1n) is 6.84. The van der Waals surface area contributed by atoms with E-state index in [9.17, 15) is 4.79 Å². The van der Waals surface area contributed by atoms with Crippen LogP contribution in [0, 0.1) is 0 Å². The van der Waals surface area contributed by atoms with Crippen LogP contribution in [0.4, 0.5) is 5.69 Å². The van der Waals surface area contributed by atoms with Crippen molar-refractivity contribution in [3.8, 4) is 5.69 Å². The Morgan fingerprint density at radius 3 is 2.52 bits per heavy atom. The summed E-state index contributed by atoms with van der Waals surface area (Å²) in [7, 11) is 0. The maximum Gasteiger partial charge on any atom is 0.335 e. The highest BCUT2D eigenvalue weighted by molar-refractivity contribution is 5.88. The Labute approximate surface area is 131 Å². The highest BCUT2D eigenvalue weighted by atomic mass is 16.4. The van der Waals surface area contributed by atoms with E-state index in [1.807, 2.05) is 30.3 Å². The van der Waals surface area contributed by atoms with Crippen molar-refractivity contribution in [1.82, 2.24) is 20.2 Å². The van der Waals surface area contributed by atoms with E-state index in [2.05, 4.69) is 20.8 Å². The Morgan fingerprint density at radius 1 is 1.09 bits per heavy atom. The molecule has 0 saturated carbocycles. The van der Waals surface area contributed by atoms with Crippen LogP contribution in [0.3, 0.4) is 0 Å². The summed E-state index contributed by atoms with van der Waals surface area (Å²) in [5, 5.41) is 23.5. The molecule has 1 aromatic heterocycles. The normalized spacial score (nSPS) is 10.8. The molecule has 0 bridgehead atoms. The van der Waals surface area contributed by atoms with Gasteiger partial charge in [0.25, 0.3) is 0 Å². The lowest BCUT2D eigenvalue weighted by atomic mass is 10.2. The van der Waals surface area contributed by atoms with E-state index >= 15 is 0 Å². The zero-order valence-corrected chi connectivity index (χ0v) is 12.0. The van der Waals surface area contributed by atoms with Gasteiger partial charge in [-0.15, -0.1) is 5.10 Å². The fourth-order valence-electron chi connectivity index (χ4n) is 1.97. The molecule has 0 saturated heterocycles. The zero-order valence-electron chi connectivity index (χ0n) is 12.0. The zero-order chi connectivity index (χ0) is 16.1. The summed E-state index contributed by atoms with van der Waals surface area (Å²) in [4.78, 5) is 10.8. The van der Waals surface area contributed by atoms with Crippen LogP contribution in [0.5, 0.6) is 0 Å². The number of aromatic carboxylic acids is 1. The van der Waals surface area contributed by atoms with Gasteiger partial charge in [0.2, 0.25) is 0 Å². The van der Waals surface area contributed by atoms with Gasteiger partial charge in [0.15, 0.2) is 5.82 Å². The topological polar surface area (TPSA) is 92.9 Å². The van der Waals surface area contributed by atoms with E-state index in [4.69, 9.17) is 5.11 Å². The second-order valence-corrected chi connectivity index (χ2v) is 4.64. The molecule has 0 unspecified atom stereocenters. The molecular weight excluding hydrogens is 294 g/mol. The Kier molecular flexibility index (Phi) is 4.10. The van der Waals surface area contributed by atoms with Gasteiger partial charge >= 0.3 is 5.97 Å². The standard InChI is InChI=1S/C16H13N5O2/c22-16(23)12-6-8-13(9-7-12)17-11-10-15-18-19-20-21(15)14-4-2-1-3-5-14/h1-11,17H,(H,22,23)/b11-10-. The van der Waals surface area contributed by atoms with Gasteiger partial charge in [-0.25, -0.2) is 4.79 Å². The highest BCUT2D eigenvalue weighted by Crippen LogP contribution is 2.11.